The Labute approximate surface area is 75.9 Å². The molecule has 0 fully saturated rings. The Balaban J connectivity index is 3.08. The fourth-order valence-corrected chi connectivity index (χ4v) is 0.992. The summed E-state index contributed by atoms with van der Waals surface area (Å²) in [6.45, 7) is 0.370. The third-order valence-corrected chi connectivity index (χ3v) is 1.61. The summed E-state index contributed by atoms with van der Waals surface area (Å²) in [5, 5.41) is 0. The summed E-state index contributed by atoms with van der Waals surface area (Å²) in [4.78, 5) is 10.5. The van der Waals surface area contributed by atoms with E-state index in [1.54, 1.807) is 12.2 Å². The number of benzene rings is 1. The first-order valence-electron chi connectivity index (χ1n) is 3.89. The van der Waals surface area contributed by atoms with Gasteiger partial charge in [0.1, 0.15) is 5.82 Å². The van der Waals surface area contributed by atoms with Crippen LogP contribution in [0.3, 0.4) is 0 Å². The van der Waals surface area contributed by atoms with E-state index in [1.807, 2.05) is 0 Å². The molecular formula is C10H10FNO. The molecule has 0 aliphatic carbocycles. The van der Waals surface area contributed by atoms with E-state index in [4.69, 9.17) is 5.73 Å². The lowest BCUT2D eigenvalue weighted by molar-refractivity contribution is 0.112. The van der Waals surface area contributed by atoms with E-state index in [0.29, 0.717) is 24.0 Å². The summed E-state index contributed by atoms with van der Waals surface area (Å²) in [6, 6.07) is 4.00. The van der Waals surface area contributed by atoms with Crippen LogP contribution in [0.15, 0.2) is 24.3 Å². The third-order valence-electron chi connectivity index (χ3n) is 1.61. The van der Waals surface area contributed by atoms with Gasteiger partial charge in [-0.2, -0.15) is 0 Å². The molecule has 0 unspecified atom stereocenters. The number of aldehydes is 1. The molecular weight excluding hydrogens is 169 g/mol. The van der Waals surface area contributed by atoms with Crippen LogP contribution < -0.4 is 5.73 Å². The second-order valence-corrected chi connectivity index (χ2v) is 2.53. The highest BCUT2D eigenvalue weighted by atomic mass is 19.1. The van der Waals surface area contributed by atoms with Crippen molar-refractivity contribution >= 4 is 12.4 Å². The van der Waals surface area contributed by atoms with Gasteiger partial charge in [-0.05, 0) is 23.8 Å². The van der Waals surface area contributed by atoms with E-state index >= 15 is 0 Å². The van der Waals surface area contributed by atoms with Crippen LogP contribution in [0.5, 0.6) is 0 Å². The summed E-state index contributed by atoms with van der Waals surface area (Å²) < 4.78 is 12.7. The smallest absolute Gasteiger partial charge is 0.150 e. The first-order valence-corrected chi connectivity index (χ1v) is 3.89. The highest BCUT2D eigenvalue weighted by molar-refractivity contribution is 5.81. The molecule has 0 aliphatic rings. The van der Waals surface area contributed by atoms with Crippen molar-refractivity contribution in [2.45, 2.75) is 0 Å². The van der Waals surface area contributed by atoms with Crippen molar-refractivity contribution in [3.8, 4) is 0 Å². The fourth-order valence-electron chi connectivity index (χ4n) is 0.992. The van der Waals surface area contributed by atoms with E-state index in [2.05, 4.69) is 0 Å². The number of carbonyl (C=O) groups excluding carboxylic acids is 1. The van der Waals surface area contributed by atoms with Gasteiger partial charge in [0, 0.05) is 12.1 Å². The predicted molar refractivity (Wildman–Crippen MR) is 49.9 cm³/mol. The Bertz CT molecular complexity index is 334. The average Bonchev–Trinajstić information content (AvgIpc) is 2.15. The fraction of sp³-hybridized carbons (Fsp3) is 0.100. The number of hydrogen-bond donors (Lipinski definition) is 1. The molecule has 0 saturated heterocycles. The standard InChI is InChI=1S/C10H10FNO/c11-10-4-3-9(7-13)8(6-10)2-1-5-12/h1-4,6-7H,5,12H2. The van der Waals surface area contributed by atoms with Crippen LogP contribution >= 0.6 is 0 Å². The molecule has 1 aromatic carbocycles. The highest BCUT2D eigenvalue weighted by Crippen LogP contribution is 2.10. The Hall–Kier alpha value is -1.48. The minimum absolute atomic E-state index is 0.359. The lowest BCUT2D eigenvalue weighted by atomic mass is 10.1. The van der Waals surface area contributed by atoms with Crippen LogP contribution in [0.1, 0.15) is 15.9 Å². The highest BCUT2D eigenvalue weighted by Gasteiger charge is 1.98. The maximum atomic E-state index is 12.7. The van der Waals surface area contributed by atoms with Crippen molar-refractivity contribution in [3.05, 3.63) is 41.2 Å². The Morgan fingerprint density at radius 3 is 2.77 bits per heavy atom. The van der Waals surface area contributed by atoms with Crippen molar-refractivity contribution in [2.24, 2.45) is 5.73 Å². The quantitative estimate of drug-likeness (QED) is 0.716. The van der Waals surface area contributed by atoms with E-state index < -0.39 is 0 Å². The minimum Gasteiger partial charge on any atom is -0.327 e. The summed E-state index contributed by atoms with van der Waals surface area (Å²) >= 11 is 0. The Morgan fingerprint density at radius 2 is 2.15 bits per heavy atom. The largest absolute Gasteiger partial charge is 0.327 e. The Morgan fingerprint density at radius 1 is 1.38 bits per heavy atom. The lowest BCUT2D eigenvalue weighted by Crippen LogP contribution is -1.93. The minimum atomic E-state index is -0.359. The number of carbonyl (C=O) groups is 1. The lowest BCUT2D eigenvalue weighted by Gasteiger charge is -1.97. The maximum absolute atomic E-state index is 12.7. The summed E-state index contributed by atoms with van der Waals surface area (Å²) in [6.07, 6.45) is 3.99. The SMILES string of the molecule is NCC=Cc1cc(F)ccc1C=O. The van der Waals surface area contributed by atoms with Crippen molar-refractivity contribution in [1.82, 2.24) is 0 Å². The van der Waals surface area contributed by atoms with Crippen LogP contribution in [0, 0.1) is 5.82 Å². The van der Waals surface area contributed by atoms with Crippen LogP contribution in [-0.4, -0.2) is 12.8 Å². The van der Waals surface area contributed by atoms with Crippen LogP contribution in [0.2, 0.25) is 0 Å². The van der Waals surface area contributed by atoms with E-state index in [9.17, 15) is 9.18 Å². The number of hydrogen-bond acceptors (Lipinski definition) is 2. The topological polar surface area (TPSA) is 43.1 Å². The normalized spacial score (nSPS) is 10.6. The number of halogens is 1. The molecule has 2 N–H and O–H groups in total. The predicted octanol–water partition coefficient (Wildman–Crippen LogP) is 1.61. The molecule has 3 heteroatoms. The van der Waals surface area contributed by atoms with Gasteiger partial charge in [0.15, 0.2) is 6.29 Å². The van der Waals surface area contributed by atoms with Crippen molar-refractivity contribution in [2.75, 3.05) is 6.54 Å². The molecule has 0 heterocycles. The molecule has 1 rings (SSSR count). The molecule has 0 aromatic heterocycles. The van der Waals surface area contributed by atoms with Gasteiger partial charge in [-0.15, -0.1) is 0 Å². The molecule has 0 radical (unpaired) electrons. The summed E-state index contributed by atoms with van der Waals surface area (Å²) in [5.41, 5.74) is 6.26. The maximum Gasteiger partial charge on any atom is 0.150 e. The average molecular weight is 179 g/mol. The van der Waals surface area contributed by atoms with E-state index in [0.717, 1.165) is 0 Å². The molecule has 2 nitrogen and oxygen atoms in total. The van der Waals surface area contributed by atoms with Crippen LogP contribution in [0.25, 0.3) is 6.08 Å². The third kappa shape index (κ3) is 2.49. The van der Waals surface area contributed by atoms with Gasteiger partial charge in [-0.25, -0.2) is 4.39 Å². The van der Waals surface area contributed by atoms with Crippen molar-refractivity contribution in [1.29, 1.82) is 0 Å². The van der Waals surface area contributed by atoms with Gasteiger partial charge >= 0.3 is 0 Å². The number of nitrogens with two attached hydrogens (primary N) is 1. The first-order chi connectivity index (χ1) is 6.27. The van der Waals surface area contributed by atoms with Crippen molar-refractivity contribution < 1.29 is 9.18 Å². The first kappa shape index (κ1) is 9.61. The molecule has 0 bridgehead atoms. The zero-order valence-electron chi connectivity index (χ0n) is 7.03. The number of rotatable bonds is 3. The molecule has 0 atom stereocenters. The van der Waals surface area contributed by atoms with E-state index in [1.165, 1.54) is 18.2 Å². The zero-order chi connectivity index (χ0) is 9.68. The van der Waals surface area contributed by atoms with Crippen LogP contribution in [-0.2, 0) is 0 Å². The molecule has 0 saturated carbocycles. The monoisotopic (exact) mass is 179 g/mol. The van der Waals surface area contributed by atoms with Gasteiger partial charge in [0.25, 0.3) is 0 Å². The summed E-state index contributed by atoms with van der Waals surface area (Å²) in [7, 11) is 0. The van der Waals surface area contributed by atoms with Gasteiger partial charge < -0.3 is 5.73 Å². The zero-order valence-corrected chi connectivity index (χ0v) is 7.03. The second-order valence-electron chi connectivity index (χ2n) is 2.53. The molecule has 0 aliphatic heterocycles. The van der Waals surface area contributed by atoms with Crippen molar-refractivity contribution in [3.63, 3.8) is 0 Å². The van der Waals surface area contributed by atoms with Gasteiger partial charge in [-0.3, -0.25) is 4.79 Å². The van der Waals surface area contributed by atoms with Gasteiger partial charge in [0.2, 0.25) is 0 Å². The summed E-state index contributed by atoms with van der Waals surface area (Å²) in [5.74, 6) is -0.359. The van der Waals surface area contributed by atoms with E-state index in [-0.39, 0.29) is 5.82 Å². The molecule has 1 aromatic rings. The molecule has 68 valence electrons. The van der Waals surface area contributed by atoms with Gasteiger partial charge in [-0.1, -0.05) is 12.2 Å². The molecule has 0 spiro atoms. The van der Waals surface area contributed by atoms with Gasteiger partial charge in [0.05, 0.1) is 0 Å². The Kier molecular flexibility index (Phi) is 3.34. The second kappa shape index (κ2) is 4.52. The van der Waals surface area contributed by atoms with Crippen LogP contribution in [0.4, 0.5) is 4.39 Å². The molecule has 0 amide bonds. The molecule has 13 heavy (non-hydrogen) atoms.